The first-order valence-corrected chi connectivity index (χ1v) is 9.84. The minimum Gasteiger partial charge on any atom is -0.490 e. The van der Waals surface area contributed by atoms with E-state index in [9.17, 15) is 9.59 Å². The first-order valence-electron chi connectivity index (χ1n) is 9.84. The number of esters is 1. The summed E-state index contributed by atoms with van der Waals surface area (Å²) in [5.74, 6) is 1.05. The lowest BCUT2D eigenvalue weighted by atomic mass is 10.2. The van der Waals surface area contributed by atoms with Gasteiger partial charge in [-0.05, 0) is 67.1 Å². The monoisotopic (exact) mass is 434 g/mol. The molecule has 1 aromatic heterocycles. The number of carbonyl (C=O) groups excluding carboxylic acids is 2. The number of rotatable bonds is 10. The summed E-state index contributed by atoms with van der Waals surface area (Å²) in [6.45, 7) is 2.16. The van der Waals surface area contributed by atoms with Crippen molar-refractivity contribution in [3.8, 4) is 17.2 Å². The topological polar surface area (TPSA) is 99.4 Å². The molecule has 0 spiro atoms. The third kappa shape index (κ3) is 7.17. The molecular formula is C24H22N2O6. The Morgan fingerprint density at radius 1 is 1.00 bits per heavy atom. The van der Waals surface area contributed by atoms with Crippen molar-refractivity contribution in [2.24, 2.45) is 5.10 Å². The minimum atomic E-state index is -0.527. The number of nitrogens with zero attached hydrogens (tertiary/aromatic N) is 1. The summed E-state index contributed by atoms with van der Waals surface area (Å²) in [6.07, 6.45) is 5.78. The third-order valence-corrected chi connectivity index (χ3v) is 3.94. The predicted octanol–water partition coefficient (Wildman–Crippen LogP) is 3.83. The van der Waals surface area contributed by atoms with E-state index >= 15 is 0 Å². The van der Waals surface area contributed by atoms with Gasteiger partial charge >= 0.3 is 5.97 Å². The van der Waals surface area contributed by atoms with Gasteiger partial charge in [-0.3, -0.25) is 4.79 Å². The van der Waals surface area contributed by atoms with Crippen LogP contribution in [-0.2, 0) is 9.59 Å². The predicted molar refractivity (Wildman–Crippen MR) is 119 cm³/mol. The zero-order valence-electron chi connectivity index (χ0n) is 17.4. The van der Waals surface area contributed by atoms with Gasteiger partial charge in [0.05, 0.1) is 19.1 Å². The number of benzene rings is 2. The number of para-hydroxylation sites is 2. The highest BCUT2D eigenvalue weighted by Gasteiger charge is 2.06. The smallest absolute Gasteiger partial charge is 0.336 e. The first-order chi connectivity index (χ1) is 15.6. The normalized spacial score (nSPS) is 10.9. The summed E-state index contributed by atoms with van der Waals surface area (Å²) in [5, 5.41) is 3.90. The fourth-order valence-electron chi connectivity index (χ4n) is 2.51. The van der Waals surface area contributed by atoms with E-state index in [0.717, 1.165) is 0 Å². The summed E-state index contributed by atoms with van der Waals surface area (Å²) in [4.78, 5) is 23.8. The van der Waals surface area contributed by atoms with E-state index in [1.54, 1.807) is 54.6 Å². The Bertz CT molecular complexity index is 1070. The van der Waals surface area contributed by atoms with Crippen LogP contribution < -0.4 is 19.6 Å². The van der Waals surface area contributed by atoms with Gasteiger partial charge in [0.15, 0.2) is 18.1 Å². The van der Waals surface area contributed by atoms with Gasteiger partial charge in [0, 0.05) is 6.08 Å². The zero-order valence-corrected chi connectivity index (χ0v) is 17.4. The van der Waals surface area contributed by atoms with Crippen LogP contribution in [0.15, 0.2) is 82.5 Å². The Balaban J connectivity index is 1.43. The van der Waals surface area contributed by atoms with Gasteiger partial charge in [0.25, 0.3) is 5.91 Å². The second kappa shape index (κ2) is 11.8. The average Bonchev–Trinajstić information content (AvgIpc) is 3.32. The number of carbonyl (C=O) groups is 2. The molecule has 0 radical (unpaired) electrons. The highest BCUT2D eigenvalue weighted by Crippen LogP contribution is 2.26. The molecule has 0 atom stereocenters. The number of ether oxygens (including phenoxy) is 3. The van der Waals surface area contributed by atoms with Crippen molar-refractivity contribution in [2.75, 3.05) is 13.2 Å². The molecule has 0 aliphatic heterocycles. The second-order valence-corrected chi connectivity index (χ2v) is 6.30. The summed E-state index contributed by atoms with van der Waals surface area (Å²) in [5.41, 5.74) is 3.10. The third-order valence-electron chi connectivity index (χ3n) is 3.94. The van der Waals surface area contributed by atoms with E-state index in [1.807, 2.05) is 13.0 Å². The molecule has 32 heavy (non-hydrogen) atoms. The molecule has 0 aliphatic rings. The number of furan rings is 1. The van der Waals surface area contributed by atoms with E-state index in [4.69, 9.17) is 18.6 Å². The van der Waals surface area contributed by atoms with Gasteiger partial charge in [-0.15, -0.1) is 0 Å². The molecule has 1 amide bonds. The van der Waals surface area contributed by atoms with Crippen molar-refractivity contribution in [3.63, 3.8) is 0 Å². The Labute approximate surface area is 185 Å². The van der Waals surface area contributed by atoms with Crippen LogP contribution in [0.2, 0.25) is 0 Å². The maximum atomic E-state index is 11.9. The molecular weight excluding hydrogens is 412 g/mol. The molecule has 0 saturated carbocycles. The van der Waals surface area contributed by atoms with Crippen LogP contribution in [0.25, 0.3) is 6.08 Å². The van der Waals surface area contributed by atoms with Crippen LogP contribution in [0.5, 0.6) is 17.2 Å². The first kappa shape index (κ1) is 22.4. The summed E-state index contributed by atoms with van der Waals surface area (Å²) < 4.78 is 21.2. The van der Waals surface area contributed by atoms with Crippen LogP contribution in [0.1, 0.15) is 18.2 Å². The van der Waals surface area contributed by atoms with Crippen LogP contribution in [0.4, 0.5) is 0 Å². The van der Waals surface area contributed by atoms with Gasteiger partial charge in [-0.2, -0.15) is 5.10 Å². The SMILES string of the molecule is CCOc1ccccc1OCC(=O)NN=Cc1ccc(OC(=O)C=Cc2ccco2)cc1. The summed E-state index contributed by atoms with van der Waals surface area (Å²) in [7, 11) is 0. The number of hydrogen-bond donors (Lipinski definition) is 1. The summed E-state index contributed by atoms with van der Waals surface area (Å²) >= 11 is 0. The molecule has 1 heterocycles. The van der Waals surface area contributed by atoms with E-state index in [0.29, 0.717) is 35.2 Å². The molecule has 8 heteroatoms. The second-order valence-electron chi connectivity index (χ2n) is 6.30. The maximum absolute atomic E-state index is 11.9. The van der Waals surface area contributed by atoms with Gasteiger partial charge in [-0.25, -0.2) is 10.2 Å². The van der Waals surface area contributed by atoms with Crippen molar-refractivity contribution in [2.45, 2.75) is 6.92 Å². The van der Waals surface area contributed by atoms with Gasteiger partial charge in [0.1, 0.15) is 11.5 Å². The largest absolute Gasteiger partial charge is 0.490 e. The fraction of sp³-hybridized carbons (Fsp3) is 0.125. The van der Waals surface area contributed by atoms with Crippen molar-refractivity contribution in [1.82, 2.24) is 5.43 Å². The van der Waals surface area contributed by atoms with E-state index in [1.165, 1.54) is 24.6 Å². The van der Waals surface area contributed by atoms with Crippen LogP contribution in [0.3, 0.4) is 0 Å². The quantitative estimate of drug-likeness (QED) is 0.171. The molecule has 1 N–H and O–H groups in total. The van der Waals surface area contributed by atoms with Gasteiger partial charge in [0.2, 0.25) is 0 Å². The average molecular weight is 434 g/mol. The lowest BCUT2D eigenvalue weighted by molar-refractivity contribution is -0.129. The fourth-order valence-corrected chi connectivity index (χ4v) is 2.51. The van der Waals surface area contributed by atoms with Crippen LogP contribution >= 0.6 is 0 Å². The summed E-state index contributed by atoms with van der Waals surface area (Å²) in [6, 6.07) is 17.2. The molecule has 0 bridgehead atoms. The number of nitrogens with one attached hydrogen (secondary N) is 1. The number of hydrogen-bond acceptors (Lipinski definition) is 7. The van der Waals surface area contributed by atoms with Crippen molar-refractivity contribution >= 4 is 24.2 Å². The standard InChI is InChI=1S/C24H22N2O6/c1-2-29-21-7-3-4-8-22(21)31-17-23(27)26-25-16-18-9-11-20(12-10-18)32-24(28)14-13-19-6-5-15-30-19/h3-16H,2,17H2,1H3,(H,26,27). The lowest BCUT2D eigenvalue weighted by Crippen LogP contribution is -2.24. The molecule has 0 unspecified atom stereocenters. The minimum absolute atomic E-state index is 0.207. The van der Waals surface area contributed by atoms with E-state index in [-0.39, 0.29) is 6.61 Å². The highest BCUT2D eigenvalue weighted by molar-refractivity contribution is 5.88. The Morgan fingerprint density at radius 2 is 1.75 bits per heavy atom. The number of hydrazone groups is 1. The molecule has 164 valence electrons. The molecule has 8 nitrogen and oxygen atoms in total. The van der Waals surface area contributed by atoms with Crippen LogP contribution in [-0.4, -0.2) is 31.3 Å². The molecule has 3 rings (SSSR count). The van der Waals surface area contributed by atoms with Gasteiger partial charge < -0.3 is 18.6 Å². The zero-order chi connectivity index (χ0) is 22.6. The molecule has 2 aromatic carbocycles. The van der Waals surface area contributed by atoms with E-state index < -0.39 is 11.9 Å². The highest BCUT2D eigenvalue weighted by atomic mass is 16.5. The van der Waals surface area contributed by atoms with Crippen LogP contribution in [0, 0.1) is 0 Å². The number of amides is 1. The lowest BCUT2D eigenvalue weighted by Gasteiger charge is -2.10. The van der Waals surface area contributed by atoms with E-state index in [2.05, 4.69) is 10.5 Å². The maximum Gasteiger partial charge on any atom is 0.336 e. The van der Waals surface area contributed by atoms with Crippen molar-refractivity contribution < 1.29 is 28.2 Å². The molecule has 3 aromatic rings. The molecule has 0 aliphatic carbocycles. The molecule has 0 fully saturated rings. The Hall–Kier alpha value is -4.33. The van der Waals surface area contributed by atoms with Gasteiger partial charge in [-0.1, -0.05) is 12.1 Å². The Morgan fingerprint density at radius 3 is 2.44 bits per heavy atom. The molecule has 0 saturated heterocycles. The van der Waals surface area contributed by atoms with Crippen molar-refractivity contribution in [1.29, 1.82) is 0 Å². The van der Waals surface area contributed by atoms with Crippen molar-refractivity contribution in [3.05, 3.63) is 84.3 Å². The Kier molecular flexibility index (Phi) is 8.21.